The van der Waals surface area contributed by atoms with E-state index in [1.54, 1.807) is 0 Å². The molecule has 1 aromatic rings. The number of carbonyl (C=O) groups excluding carboxylic acids is 2. The Kier molecular flexibility index (Phi) is 6.30. The monoisotopic (exact) mass is 358 g/mol. The van der Waals surface area contributed by atoms with Gasteiger partial charge in [-0.2, -0.15) is 0 Å². The van der Waals surface area contributed by atoms with Crippen molar-refractivity contribution < 1.29 is 14.3 Å². The number of hydrogen-bond acceptors (Lipinski definition) is 3. The predicted octanol–water partition coefficient (Wildman–Crippen LogP) is 3.05. The molecule has 2 atom stereocenters. The van der Waals surface area contributed by atoms with Gasteiger partial charge in [-0.1, -0.05) is 26.0 Å². The molecule has 2 aliphatic rings. The van der Waals surface area contributed by atoms with E-state index in [0.717, 1.165) is 31.2 Å². The van der Waals surface area contributed by atoms with Crippen LogP contribution < -0.4 is 0 Å². The van der Waals surface area contributed by atoms with Crippen LogP contribution in [0, 0.1) is 0 Å². The highest BCUT2D eigenvalue weighted by atomic mass is 16.5. The fraction of sp³-hybridized carbons (Fsp3) is 0.619. The Labute approximate surface area is 156 Å². The van der Waals surface area contributed by atoms with Crippen LogP contribution in [0.5, 0.6) is 0 Å². The number of ether oxygens (including phenoxy) is 1. The van der Waals surface area contributed by atoms with Gasteiger partial charge in [-0.05, 0) is 49.3 Å². The standard InChI is InChI=1S/C21H30N2O3/c1-3-16(2)17-7-9-18(10-8-17)20(24)22-11-5-12-23(14-13-22)21(25)19-6-4-15-26-19/h7-10,16,19H,3-6,11-15H2,1-2H3. The van der Waals surface area contributed by atoms with Crippen molar-refractivity contribution >= 4 is 11.8 Å². The van der Waals surface area contributed by atoms with Gasteiger partial charge in [0.05, 0.1) is 0 Å². The SMILES string of the molecule is CCC(C)c1ccc(C(=O)N2CCCN(C(=O)C3CCCO3)CC2)cc1. The summed E-state index contributed by atoms with van der Waals surface area (Å²) in [6, 6.07) is 7.99. The molecule has 0 radical (unpaired) electrons. The number of amides is 2. The average molecular weight is 358 g/mol. The van der Waals surface area contributed by atoms with E-state index in [2.05, 4.69) is 26.0 Å². The summed E-state index contributed by atoms with van der Waals surface area (Å²) >= 11 is 0. The zero-order chi connectivity index (χ0) is 18.5. The molecular weight excluding hydrogens is 328 g/mol. The van der Waals surface area contributed by atoms with Gasteiger partial charge in [0.1, 0.15) is 6.10 Å². The Morgan fingerprint density at radius 3 is 2.42 bits per heavy atom. The van der Waals surface area contributed by atoms with E-state index in [9.17, 15) is 9.59 Å². The van der Waals surface area contributed by atoms with Crippen LogP contribution in [0.1, 0.15) is 61.4 Å². The van der Waals surface area contributed by atoms with Gasteiger partial charge in [0.25, 0.3) is 11.8 Å². The van der Waals surface area contributed by atoms with Gasteiger partial charge in [-0.3, -0.25) is 9.59 Å². The summed E-state index contributed by atoms with van der Waals surface area (Å²) in [5.74, 6) is 0.663. The molecule has 0 aliphatic carbocycles. The zero-order valence-corrected chi connectivity index (χ0v) is 15.9. The van der Waals surface area contributed by atoms with Crippen LogP contribution in [-0.4, -0.2) is 60.5 Å². The topological polar surface area (TPSA) is 49.9 Å². The minimum absolute atomic E-state index is 0.0621. The summed E-state index contributed by atoms with van der Waals surface area (Å²) in [5.41, 5.74) is 2.00. The molecule has 2 unspecified atom stereocenters. The van der Waals surface area contributed by atoms with E-state index >= 15 is 0 Å². The fourth-order valence-electron chi connectivity index (χ4n) is 3.69. The minimum atomic E-state index is -0.273. The van der Waals surface area contributed by atoms with Gasteiger partial charge in [0.2, 0.25) is 0 Å². The van der Waals surface area contributed by atoms with Crippen LogP contribution in [0.2, 0.25) is 0 Å². The van der Waals surface area contributed by atoms with E-state index in [1.165, 1.54) is 5.56 Å². The molecule has 5 heteroatoms. The second-order valence-electron chi connectivity index (χ2n) is 7.40. The summed E-state index contributed by atoms with van der Waals surface area (Å²) in [7, 11) is 0. The van der Waals surface area contributed by atoms with E-state index in [0.29, 0.717) is 38.7 Å². The molecule has 2 fully saturated rings. The predicted molar refractivity (Wildman–Crippen MR) is 101 cm³/mol. The third kappa shape index (κ3) is 4.26. The second kappa shape index (κ2) is 8.67. The normalized spacial score (nSPS) is 22.2. The molecule has 2 amide bonds. The third-order valence-electron chi connectivity index (χ3n) is 5.64. The maximum Gasteiger partial charge on any atom is 0.253 e. The van der Waals surface area contributed by atoms with Crippen LogP contribution in [-0.2, 0) is 9.53 Å². The first-order valence-corrected chi connectivity index (χ1v) is 9.89. The highest BCUT2D eigenvalue weighted by molar-refractivity contribution is 5.94. The summed E-state index contributed by atoms with van der Waals surface area (Å²) in [5, 5.41) is 0. The van der Waals surface area contributed by atoms with Gasteiger partial charge >= 0.3 is 0 Å². The molecule has 3 rings (SSSR count). The van der Waals surface area contributed by atoms with Gasteiger partial charge < -0.3 is 14.5 Å². The zero-order valence-electron chi connectivity index (χ0n) is 15.9. The molecule has 0 spiro atoms. The number of rotatable bonds is 4. The fourth-order valence-corrected chi connectivity index (χ4v) is 3.69. The molecule has 0 N–H and O–H groups in total. The quantitative estimate of drug-likeness (QED) is 0.831. The molecule has 0 aromatic heterocycles. The van der Waals surface area contributed by atoms with Crippen molar-refractivity contribution in [1.29, 1.82) is 0 Å². The first-order chi connectivity index (χ1) is 12.6. The van der Waals surface area contributed by atoms with Crippen molar-refractivity contribution in [3.8, 4) is 0 Å². The molecule has 5 nitrogen and oxygen atoms in total. The molecule has 142 valence electrons. The van der Waals surface area contributed by atoms with Crippen molar-refractivity contribution in [2.24, 2.45) is 0 Å². The number of nitrogens with zero attached hydrogens (tertiary/aromatic N) is 2. The summed E-state index contributed by atoms with van der Waals surface area (Å²) in [6.07, 6.45) is 3.41. The Morgan fingerprint density at radius 2 is 1.77 bits per heavy atom. The Bertz CT molecular complexity index is 623. The molecule has 2 aliphatic heterocycles. The largest absolute Gasteiger partial charge is 0.368 e. The summed E-state index contributed by atoms with van der Waals surface area (Å²) in [4.78, 5) is 29.1. The van der Waals surface area contributed by atoms with Crippen molar-refractivity contribution in [3.63, 3.8) is 0 Å². The van der Waals surface area contributed by atoms with Crippen LogP contribution in [0.3, 0.4) is 0 Å². The van der Waals surface area contributed by atoms with Crippen molar-refractivity contribution in [2.75, 3.05) is 32.8 Å². The van der Waals surface area contributed by atoms with Crippen LogP contribution >= 0.6 is 0 Å². The van der Waals surface area contributed by atoms with E-state index in [4.69, 9.17) is 4.74 Å². The van der Waals surface area contributed by atoms with Gasteiger partial charge in [-0.15, -0.1) is 0 Å². The number of benzene rings is 1. The van der Waals surface area contributed by atoms with Crippen LogP contribution in [0.4, 0.5) is 0 Å². The van der Waals surface area contributed by atoms with E-state index in [1.807, 2.05) is 21.9 Å². The average Bonchev–Trinajstić information content (AvgIpc) is 3.11. The first kappa shape index (κ1) is 18.9. The van der Waals surface area contributed by atoms with Gasteiger partial charge in [0, 0.05) is 38.3 Å². The lowest BCUT2D eigenvalue weighted by Crippen LogP contribution is -2.41. The Hall–Kier alpha value is -1.88. The van der Waals surface area contributed by atoms with E-state index < -0.39 is 0 Å². The lowest BCUT2D eigenvalue weighted by atomic mass is 9.97. The Balaban J connectivity index is 1.59. The van der Waals surface area contributed by atoms with E-state index in [-0.39, 0.29) is 17.9 Å². The van der Waals surface area contributed by atoms with Crippen molar-refractivity contribution in [2.45, 2.75) is 51.6 Å². The lowest BCUT2D eigenvalue weighted by Gasteiger charge is -2.24. The molecule has 0 saturated carbocycles. The second-order valence-corrected chi connectivity index (χ2v) is 7.40. The van der Waals surface area contributed by atoms with Crippen LogP contribution in [0.15, 0.2) is 24.3 Å². The third-order valence-corrected chi connectivity index (χ3v) is 5.64. The number of hydrogen-bond donors (Lipinski definition) is 0. The first-order valence-electron chi connectivity index (χ1n) is 9.89. The summed E-state index contributed by atoms with van der Waals surface area (Å²) in [6.45, 7) is 7.63. The molecule has 0 bridgehead atoms. The lowest BCUT2D eigenvalue weighted by molar-refractivity contribution is -0.140. The minimum Gasteiger partial charge on any atom is -0.368 e. The highest BCUT2D eigenvalue weighted by Crippen LogP contribution is 2.20. The highest BCUT2D eigenvalue weighted by Gasteiger charge is 2.30. The van der Waals surface area contributed by atoms with Crippen LogP contribution in [0.25, 0.3) is 0 Å². The van der Waals surface area contributed by atoms with Crippen molar-refractivity contribution in [3.05, 3.63) is 35.4 Å². The molecule has 1 aromatic carbocycles. The van der Waals surface area contributed by atoms with Gasteiger partial charge in [0.15, 0.2) is 0 Å². The molecule has 2 saturated heterocycles. The molecule has 26 heavy (non-hydrogen) atoms. The maximum absolute atomic E-state index is 12.8. The number of carbonyl (C=O) groups is 2. The molecule has 2 heterocycles. The maximum atomic E-state index is 12.8. The smallest absolute Gasteiger partial charge is 0.253 e. The molecular formula is C21H30N2O3. The van der Waals surface area contributed by atoms with Gasteiger partial charge in [-0.25, -0.2) is 0 Å². The summed E-state index contributed by atoms with van der Waals surface area (Å²) < 4.78 is 5.52. The van der Waals surface area contributed by atoms with Crippen molar-refractivity contribution in [1.82, 2.24) is 9.80 Å². The Morgan fingerprint density at radius 1 is 1.08 bits per heavy atom.